The largest absolute Gasteiger partial charge is 0.508 e. The van der Waals surface area contributed by atoms with Gasteiger partial charge in [-0.05, 0) is 55.5 Å². The van der Waals surface area contributed by atoms with Crippen LogP contribution < -0.4 is 5.32 Å². The molecule has 0 amide bonds. The average Bonchev–Trinajstić information content (AvgIpc) is 2.80. The standard InChI is InChI=1S/C16H18ClNOS/c1-10(11-4-2-5-12(19)8-11)18-14-6-3-7-15-13(14)9-16(17)20-15/h2,4-5,8-10,14,18-19H,3,6-7H2,1H3. The van der Waals surface area contributed by atoms with Gasteiger partial charge < -0.3 is 10.4 Å². The van der Waals surface area contributed by atoms with Gasteiger partial charge in [-0.25, -0.2) is 0 Å². The molecule has 2 N–H and O–H groups in total. The van der Waals surface area contributed by atoms with Crippen molar-refractivity contribution in [2.24, 2.45) is 0 Å². The molecule has 0 saturated carbocycles. The van der Waals surface area contributed by atoms with Crippen molar-refractivity contribution in [3.8, 4) is 5.75 Å². The molecule has 20 heavy (non-hydrogen) atoms. The Hall–Kier alpha value is -1.03. The first-order valence-corrected chi connectivity index (χ1v) is 8.16. The van der Waals surface area contributed by atoms with Crippen molar-refractivity contribution in [3.63, 3.8) is 0 Å². The molecule has 1 aromatic heterocycles. The Balaban J connectivity index is 1.78. The van der Waals surface area contributed by atoms with Crippen molar-refractivity contribution in [3.05, 3.63) is 50.7 Å². The number of hydrogen-bond donors (Lipinski definition) is 2. The van der Waals surface area contributed by atoms with E-state index in [0.717, 1.165) is 22.7 Å². The zero-order valence-electron chi connectivity index (χ0n) is 11.4. The van der Waals surface area contributed by atoms with Crippen LogP contribution in [-0.4, -0.2) is 5.11 Å². The number of aromatic hydroxyl groups is 1. The van der Waals surface area contributed by atoms with Gasteiger partial charge in [-0.2, -0.15) is 0 Å². The van der Waals surface area contributed by atoms with Crippen LogP contribution in [0.15, 0.2) is 30.3 Å². The highest BCUT2D eigenvalue weighted by Gasteiger charge is 2.24. The summed E-state index contributed by atoms with van der Waals surface area (Å²) in [6.07, 6.45) is 3.49. The van der Waals surface area contributed by atoms with Crippen molar-refractivity contribution in [1.82, 2.24) is 5.32 Å². The first-order chi connectivity index (χ1) is 9.63. The third-order valence-corrected chi connectivity index (χ3v) is 5.24. The summed E-state index contributed by atoms with van der Waals surface area (Å²) in [5, 5.41) is 13.3. The summed E-state index contributed by atoms with van der Waals surface area (Å²) in [5.74, 6) is 0.319. The summed E-state index contributed by atoms with van der Waals surface area (Å²) in [7, 11) is 0. The Morgan fingerprint density at radius 2 is 2.25 bits per heavy atom. The van der Waals surface area contributed by atoms with Crippen LogP contribution in [-0.2, 0) is 6.42 Å². The van der Waals surface area contributed by atoms with Gasteiger partial charge in [0, 0.05) is 17.0 Å². The van der Waals surface area contributed by atoms with E-state index in [0.29, 0.717) is 11.8 Å². The van der Waals surface area contributed by atoms with Crippen LogP contribution in [0.2, 0.25) is 4.34 Å². The summed E-state index contributed by atoms with van der Waals surface area (Å²) in [6, 6.07) is 10.1. The Morgan fingerprint density at radius 3 is 3.05 bits per heavy atom. The van der Waals surface area contributed by atoms with E-state index in [2.05, 4.69) is 18.3 Å². The monoisotopic (exact) mass is 307 g/mol. The molecule has 0 bridgehead atoms. The number of hydrogen-bond acceptors (Lipinski definition) is 3. The summed E-state index contributed by atoms with van der Waals surface area (Å²) >= 11 is 7.85. The van der Waals surface area contributed by atoms with Gasteiger partial charge in [0.2, 0.25) is 0 Å². The molecule has 2 atom stereocenters. The number of benzene rings is 1. The Labute approximate surface area is 128 Å². The van der Waals surface area contributed by atoms with E-state index in [1.165, 1.54) is 16.9 Å². The van der Waals surface area contributed by atoms with Crippen molar-refractivity contribution in [2.75, 3.05) is 0 Å². The number of phenols is 1. The molecule has 1 aromatic carbocycles. The van der Waals surface area contributed by atoms with Crippen molar-refractivity contribution < 1.29 is 5.11 Å². The van der Waals surface area contributed by atoms with Gasteiger partial charge in [0.15, 0.2) is 0 Å². The smallest absolute Gasteiger partial charge is 0.115 e. The number of aryl methyl sites for hydroxylation is 1. The fraction of sp³-hybridized carbons (Fsp3) is 0.375. The van der Waals surface area contributed by atoms with Crippen LogP contribution in [0.4, 0.5) is 0 Å². The molecule has 0 fully saturated rings. The van der Waals surface area contributed by atoms with Gasteiger partial charge in [0.05, 0.1) is 4.34 Å². The van der Waals surface area contributed by atoms with E-state index < -0.39 is 0 Å². The normalized spacial score (nSPS) is 19.6. The lowest BCUT2D eigenvalue weighted by Gasteiger charge is -2.27. The molecule has 0 spiro atoms. The Bertz CT molecular complexity index is 610. The number of halogens is 1. The fourth-order valence-corrected chi connectivity index (χ4v) is 4.27. The molecule has 3 rings (SSSR count). The second-order valence-corrected chi connectivity index (χ2v) is 7.13. The maximum absolute atomic E-state index is 9.59. The maximum Gasteiger partial charge on any atom is 0.115 e. The molecule has 2 nitrogen and oxygen atoms in total. The molecule has 1 aliphatic carbocycles. The second kappa shape index (κ2) is 5.76. The highest BCUT2D eigenvalue weighted by molar-refractivity contribution is 7.16. The van der Waals surface area contributed by atoms with Gasteiger partial charge in [0.25, 0.3) is 0 Å². The van der Waals surface area contributed by atoms with E-state index in [1.54, 1.807) is 17.4 Å². The second-order valence-electron chi connectivity index (χ2n) is 5.36. The number of nitrogens with one attached hydrogen (secondary N) is 1. The van der Waals surface area contributed by atoms with Gasteiger partial charge in [-0.3, -0.25) is 0 Å². The van der Waals surface area contributed by atoms with Gasteiger partial charge in [0.1, 0.15) is 5.75 Å². The molecule has 1 heterocycles. The van der Waals surface area contributed by atoms with Crippen LogP contribution in [0.25, 0.3) is 0 Å². The maximum atomic E-state index is 9.59. The lowest BCUT2D eigenvalue weighted by atomic mass is 9.93. The molecule has 0 saturated heterocycles. The SMILES string of the molecule is CC(NC1CCCc2sc(Cl)cc21)c1cccc(O)c1. The summed E-state index contributed by atoms with van der Waals surface area (Å²) in [5.41, 5.74) is 2.47. The van der Waals surface area contributed by atoms with Crippen LogP contribution in [0.1, 0.15) is 47.9 Å². The van der Waals surface area contributed by atoms with Crippen molar-refractivity contribution >= 4 is 22.9 Å². The molecular formula is C16H18ClNOS. The van der Waals surface area contributed by atoms with E-state index in [9.17, 15) is 5.11 Å². The Morgan fingerprint density at radius 1 is 1.40 bits per heavy atom. The van der Waals surface area contributed by atoms with Gasteiger partial charge in [-0.15, -0.1) is 11.3 Å². The summed E-state index contributed by atoms with van der Waals surface area (Å²) in [4.78, 5) is 1.42. The molecule has 2 unspecified atom stereocenters. The molecule has 4 heteroatoms. The highest BCUT2D eigenvalue weighted by Crippen LogP contribution is 2.38. The fourth-order valence-electron chi connectivity index (χ4n) is 2.89. The van der Waals surface area contributed by atoms with Crippen LogP contribution in [0.5, 0.6) is 5.75 Å². The van der Waals surface area contributed by atoms with Gasteiger partial charge in [-0.1, -0.05) is 23.7 Å². The lowest BCUT2D eigenvalue weighted by Crippen LogP contribution is -2.27. The van der Waals surface area contributed by atoms with E-state index in [4.69, 9.17) is 11.6 Å². The molecule has 106 valence electrons. The number of phenolic OH excluding ortho intramolecular Hbond substituents is 1. The van der Waals surface area contributed by atoms with E-state index >= 15 is 0 Å². The number of thiophene rings is 1. The third-order valence-electron chi connectivity index (χ3n) is 3.91. The third kappa shape index (κ3) is 2.85. The molecule has 2 aromatic rings. The van der Waals surface area contributed by atoms with E-state index in [-0.39, 0.29) is 6.04 Å². The zero-order valence-corrected chi connectivity index (χ0v) is 13.0. The molecule has 0 radical (unpaired) electrons. The summed E-state index contributed by atoms with van der Waals surface area (Å²) in [6.45, 7) is 2.14. The Kier molecular flexibility index (Phi) is 4.01. The number of fused-ring (bicyclic) bond motifs is 1. The van der Waals surface area contributed by atoms with Crippen LogP contribution in [0, 0.1) is 0 Å². The van der Waals surface area contributed by atoms with Crippen molar-refractivity contribution in [1.29, 1.82) is 0 Å². The van der Waals surface area contributed by atoms with Crippen molar-refractivity contribution in [2.45, 2.75) is 38.3 Å². The minimum absolute atomic E-state index is 0.205. The quantitative estimate of drug-likeness (QED) is 0.851. The topological polar surface area (TPSA) is 32.3 Å². The average molecular weight is 308 g/mol. The van der Waals surface area contributed by atoms with Crippen LogP contribution >= 0.6 is 22.9 Å². The van der Waals surface area contributed by atoms with Crippen LogP contribution in [0.3, 0.4) is 0 Å². The molecule has 0 aliphatic heterocycles. The first-order valence-electron chi connectivity index (χ1n) is 6.96. The minimum Gasteiger partial charge on any atom is -0.508 e. The number of rotatable bonds is 3. The molecule has 1 aliphatic rings. The van der Waals surface area contributed by atoms with Gasteiger partial charge >= 0.3 is 0 Å². The highest BCUT2D eigenvalue weighted by atomic mass is 35.5. The van der Waals surface area contributed by atoms with E-state index in [1.807, 2.05) is 18.2 Å². The lowest BCUT2D eigenvalue weighted by molar-refractivity contribution is 0.416. The zero-order chi connectivity index (χ0) is 14.1. The predicted octanol–water partition coefficient (Wildman–Crippen LogP) is 4.84. The predicted molar refractivity (Wildman–Crippen MR) is 84.7 cm³/mol. The minimum atomic E-state index is 0.205. The summed E-state index contributed by atoms with van der Waals surface area (Å²) < 4.78 is 0.883. The first kappa shape index (κ1) is 13.9. The molecular weight excluding hydrogens is 290 g/mol.